The summed E-state index contributed by atoms with van der Waals surface area (Å²) in [7, 11) is 3.32. The highest BCUT2D eigenvalue weighted by Crippen LogP contribution is 1.92. The Balaban J connectivity index is 3.52. The number of carbonyl (C=O) groups excluding carboxylic acids is 2. The molecule has 0 aliphatic heterocycles. The Kier molecular flexibility index (Phi) is 7.28. The molecule has 4 N–H and O–H groups in total. The van der Waals surface area contributed by atoms with Crippen LogP contribution in [0.5, 0.6) is 0 Å². The molecular weight excluding hydrogens is 208 g/mol. The molecule has 1 atom stereocenters. The SMILES string of the molecule is CCC(N)CC(=O)NCCNC(=O)N(C)C. The molecule has 0 radical (unpaired) electrons. The van der Waals surface area contributed by atoms with Crippen molar-refractivity contribution >= 4 is 11.9 Å². The molecule has 6 nitrogen and oxygen atoms in total. The first kappa shape index (κ1) is 14.7. The lowest BCUT2D eigenvalue weighted by molar-refractivity contribution is -0.121. The normalized spacial score (nSPS) is 11.8. The molecule has 0 bridgehead atoms. The smallest absolute Gasteiger partial charge is 0.316 e. The number of hydrogen-bond acceptors (Lipinski definition) is 3. The van der Waals surface area contributed by atoms with E-state index in [0.29, 0.717) is 19.5 Å². The van der Waals surface area contributed by atoms with Crippen molar-refractivity contribution in [2.24, 2.45) is 5.73 Å². The van der Waals surface area contributed by atoms with E-state index in [9.17, 15) is 9.59 Å². The van der Waals surface area contributed by atoms with Crippen LogP contribution >= 0.6 is 0 Å². The Bertz CT molecular complexity index is 231. The number of nitrogens with one attached hydrogen (secondary N) is 2. The van der Waals surface area contributed by atoms with Gasteiger partial charge in [0, 0.05) is 39.6 Å². The second kappa shape index (κ2) is 7.92. The molecule has 0 aromatic carbocycles. The minimum Gasteiger partial charge on any atom is -0.354 e. The molecule has 0 heterocycles. The van der Waals surface area contributed by atoms with Crippen molar-refractivity contribution in [2.75, 3.05) is 27.2 Å². The first-order chi connectivity index (χ1) is 7.47. The van der Waals surface area contributed by atoms with Gasteiger partial charge in [-0.1, -0.05) is 6.92 Å². The Morgan fingerprint density at radius 1 is 1.25 bits per heavy atom. The van der Waals surface area contributed by atoms with Crippen LogP contribution in [0.3, 0.4) is 0 Å². The van der Waals surface area contributed by atoms with E-state index in [1.165, 1.54) is 4.90 Å². The van der Waals surface area contributed by atoms with E-state index in [-0.39, 0.29) is 18.0 Å². The van der Waals surface area contributed by atoms with E-state index in [1.807, 2.05) is 6.92 Å². The van der Waals surface area contributed by atoms with Gasteiger partial charge in [0.1, 0.15) is 0 Å². The first-order valence-corrected chi connectivity index (χ1v) is 5.44. The number of carbonyl (C=O) groups is 2. The van der Waals surface area contributed by atoms with Gasteiger partial charge in [-0.15, -0.1) is 0 Å². The van der Waals surface area contributed by atoms with Crippen molar-refractivity contribution < 1.29 is 9.59 Å². The van der Waals surface area contributed by atoms with Crippen molar-refractivity contribution in [3.05, 3.63) is 0 Å². The molecule has 0 aromatic rings. The molecular formula is C10H22N4O2. The highest BCUT2D eigenvalue weighted by atomic mass is 16.2. The zero-order valence-electron chi connectivity index (χ0n) is 10.2. The van der Waals surface area contributed by atoms with E-state index < -0.39 is 0 Å². The molecule has 1 unspecified atom stereocenters. The largest absolute Gasteiger partial charge is 0.354 e. The summed E-state index contributed by atoms with van der Waals surface area (Å²) < 4.78 is 0. The van der Waals surface area contributed by atoms with Crippen LogP contribution in [0.1, 0.15) is 19.8 Å². The van der Waals surface area contributed by atoms with Crippen LogP contribution in [0.15, 0.2) is 0 Å². The average molecular weight is 230 g/mol. The minimum absolute atomic E-state index is 0.0755. The fraction of sp³-hybridized carbons (Fsp3) is 0.800. The topological polar surface area (TPSA) is 87.5 Å². The lowest BCUT2D eigenvalue weighted by Gasteiger charge is -2.13. The Morgan fingerprint density at radius 2 is 1.81 bits per heavy atom. The zero-order chi connectivity index (χ0) is 12.6. The minimum atomic E-state index is -0.167. The van der Waals surface area contributed by atoms with Crippen molar-refractivity contribution in [1.29, 1.82) is 0 Å². The third-order valence-corrected chi connectivity index (χ3v) is 2.10. The van der Waals surface area contributed by atoms with Crippen molar-refractivity contribution in [3.8, 4) is 0 Å². The summed E-state index contributed by atoms with van der Waals surface area (Å²) in [4.78, 5) is 23.8. The summed E-state index contributed by atoms with van der Waals surface area (Å²) in [6.45, 7) is 2.79. The quantitative estimate of drug-likeness (QED) is 0.538. The number of nitrogens with zero attached hydrogens (tertiary/aromatic N) is 1. The second-order valence-corrected chi connectivity index (χ2v) is 3.85. The Labute approximate surface area is 96.5 Å². The highest BCUT2D eigenvalue weighted by molar-refractivity contribution is 5.76. The third-order valence-electron chi connectivity index (χ3n) is 2.10. The lowest BCUT2D eigenvalue weighted by atomic mass is 10.1. The maximum atomic E-state index is 11.3. The van der Waals surface area contributed by atoms with Gasteiger partial charge in [0.2, 0.25) is 5.91 Å². The van der Waals surface area contributed by atoms with Crippen LogP contribution < -0.4 is 16.4 Å². The van der Waals surface area contributed by atoms with E-state index >= 15 is 0 Å². The molecule has 0 rings (SSSR count). The van der Waals surface area contributed by atoms with Gasteiger partial charge in [-0.25, -0.2) is 4.79 Å². The molecule has 0 fully saturated rings. The van der Waals surface area contributed by atoms with Crippen LogP contribution in [-0.4, -0.2) is 50.1 Å². The van der Waals surface area contributed by atoms with E-state index in [0.717, 1.165) is 6.42 Å². The molecule has 3 amide bonds. The summed E-state index contributed by atoms with van der Waals surface area (Å²) in [5.41, 5.74) is 5.63. The fourth-order valence-corrected chi connectivity index (χ4v) is 0.984. The van der Waals surface area contributed by atoms with Gasteiger partial charge < -0.3 is 21.3 Å². The Morgan fingerprint density at radius 3 is 2.31 bits per heavy atom. The second-order valence-electron chi connectivity index (χ2n) is 3.85. The highest BCUT2D eigenvalue weighted by Gasteiger charge is 2.07. The van der Waals surface area contributed by atoms with Crippen LogP contribution in [-0.2, 0) is 4.79 Å². The molecule has 0 saturated heterocycles. The van der Waals surface area contributed by atoms with Crippen molar-refractivity contribution in [3.63, 3.8) is 0 Å². The lowest BCUT2D eigenvalue weighted by Crippen LogP contribution is -2.40. The Hall–Kier alpha value is -1.30. The monoisotopic (exact) mass is 230 g/mol. The van der Waals surface area contributed by atoms with E-state index in [4.69, 9.17) is 5.73 Å². The number of urea groups is 1. The van der Waals surface area contributed by atoms with E-state index in [2.05, 4.69) is 10.6 Å². The van der Waals surface area contributed by atoms with Crippen LogP contribution in [0.4, 0.5) is 4.79 Å². The van der Waals surface area contributed by atoms with Gasteiger partial charge >= 0.3 is 6.03 Å². The average Bonchev–Trinajstić information content (AvgIpc) is 2.23. The molecule has 0 saturated carbocycles. The fourth-order valence-electron chi connectivity index (χ4n) is 0.984. The van der Waals surface area contributed by atoms with E-state index in [1.54, 1.807) is 14.1 Å². The van der Waals surface area contributed by atoms with Gasteiger partial charge in [0.05, 0.1) is 0 Å². The predicted octanol–water partition coefficient (Wildman–Crippen LogP) is -0.499. The zero-order valence-corrected chi connectivity index (χ0v) is 10.2. The molecule has 0 aromatic heterocycles. The van der Waals surface area contributed by atoms with Crippen molar-refractivity contribution in [1.82, 2.24) is 15.5 Å². The number of nitrogens with two attached hydrogens (primary N) is 1. The number of rotatable bonds is 6. The molecule has 0 spiro atoms. The predicted molar refractivity (Wildman–Crippen MR) is 63.0 cm³/mol. The van der Waals surface area contributed by atoms with Gasteiger partial charge in [0.25, 0.3) is 0 Å². The molecule has 0 aliphatic carbocycles. The van der Waals surface area contributed by atoms with Gasteiger partial charge in [-0.2, -0.15) is 0 Å². The molecule has 94 valence electrons. The number of hydrogen-bond donors (Lipinski definition) is 3. The third kappa shape index (κ3) is 7.05. The molecule has 0 aliphatic rings. The van der Waals surface area contributed by atoms with Crippen molar-refractivity contribution in [2.45, 2.75) is 25.8 Å². The summed E-state index contributed by atoms with van der Waals surface area (Å²) in [6.07, 6.45) is 1.11. The standard InChI is InChI=1S/C10H22N4O2/c1-4-8(11)7-9(15)12-5-6-13-10(16)14(2)3/h8H,4-7,11H2,1-3H3,(H,12,15)(H,13,16). The maximum Gasteiger partial charge on any atom is 0.316 e. The van der Waals surface area contributed by atoms with Gasteiger partial charge in [-0.3, -0.25) is 4.79 Å². The molecule has 6 heteroatoms. The summed E-state index contributed by atoms with van der Waals surface area (Å²) >= 11 is 0. The number of amides is 3. The molecule has 16 heavy (non-hydrogen) atoms. The van der Waals surface area contributed by atoms with Crippen LogP contribution in [0.25, 0.3) is 0 Å². The summed E-state index contributed by atoms with van der Waals surface area (Å²) in [5.74, 6) is -0.0755. The van der Waals surface area contributed by atoms with Gasteiger partial charge in [-0.05, 0) is 6.42 Å². The maximum absolute atomic E-state index is 11.3. The summed E-state index contributed by atoms with van der Waals surface area (Å²) in [6, 6.07) is -0.254. The van der Waals surface area contributed by atoms with Gasteiger partial charge in [0.15, 0.2) is 0 Å². The van der Waals surface area contributed by atoms with Crippen LogP contribution in [0, 0.1) is 0 Å². The van der Waals surface area contributed by atoms with Crippen LogP contribution in [0.2, 0.25) is 0 Å². The summed E-state index contributed by atoms with van der Waals surface area (Å²) in [5, 5.41) is 5.34. The first-order valence-electron chi connectivity index (χ1n) is 5.44.